The highest BCUT2D eigenvalue weighted by Gasteiger charge is 2.16. The maximum Gasteiger partial charge on any atom is 0.326 e. The van der Waals surface area contributed by atoms with Gasteiger partial charge >= 0.3 is 5.97 Å². The predicted molar refractivity (Wildman–Crippen MR) is 61.0 cm³/mol. The van der Waals surface area contributed by atoms with Gasteiger partial charge in [0.15, 0.2) is 0 Å². The first-order chi connectivity index (χ1) is 7.47. The number of nitrogens with two attached hydrogens (primary N) is 1. The molecular weight excluding hydrogens is 232 g/mol. The van der Waals surface area contributed by atoms with Crippen molar-refractivity contribution in [3.8, 4) is 0 Å². The van der Waals surface area contributed by atoms with Gasteiger partial charge in [0.25, 0.3) is 0 Å². The van der Waals surface area contributed by atoms with Crippen LogP contribution in [0.15, 0.2) is 0 Å². The molecule has 0 bridgehead atoms. The molecule has 0 aromatic heterocycles. The molecule has 0 fully saturated rings. The predicted octanol–water partition coefficient (Wildman–Crippen LogP) is -0.426. The Labute approximate surface area is 98.0 Å². The first-order valence-corrected chi connectivity index (χ1v) is 6.01. The number of hydrogen-bond acceptors (Lipinski definition) is 4. The quantitative estimate of drug-likeness (QED) is 0.505. The third kappa shape index (κ3) is 7.10. The maximum atomic E-state index is 11.3. The number of carboxylic acids is 1. The van der Waals surface area contributed by atoms with Gasteiger partial charge in [-0.2, -0.15) is 11.8 Å². The fraction of sp³-hybridized carbons (Fsp3) is 0.667. The minimum atomic E-state index is -1.04. The smallest absolute Gasteiger partial charge is 0.326 e. The number of aliphatic carboxylic acids is 1. The number of primary amides is 1. The lowest BCUT2D eigenvalue weighted by Gasteiger charge is -2.11. The van der Waals surface area contributed by atoms with Crippen LogP contribution in [0.25, 0.3) is 0 Å². The average Bonchev–Trinajstić information content (AvgIpc) is 2.20. The zero-order valence-electron chi connectivity index (χ0n) is 9.06. The molecule has 0 radical (unpaired) electrons. The van der Waals surface area contributed by atoms with Crippen molar-refractivity contribution in [2.45, 2.75) is 25.8 Å². The van der Waals surface area contributed by atoms with E-state index >= 15 is 0 Å². The Morgan fingerprint density at radius 2 is 2.06 bits per heavy atom. The van der Waals surface area contributed by atoms with Gasteiger partial charge in [0.2, 0.25) is 11.8 Å². The van der Waals surface area contributed by atoms with Crippen molar-refractivity contribution in [3.63, 3.8) is 0 Å². The Hall–Kier alpha value is -1.24. The Kier molecular flexibility index (Phi) is 7.36. The second-order valence-corrected chi connectivity index (χ2v) is 4.24. The number of nitrogens with one attached hydrogen (secondary N) is 1. The summed E-state index contributed by atoms with van der Waals surface area (Å²) in [7, 11) is 0. The molecule has 0 aliphatic carbocycles. The van der Waals surface area contributed by atoms with E-state index < -0.39 is 17.9 Å². The second-order valence-electron chi connectivity index (χ2n) is 3.14. The molecule has 0 aliphatic rings. The van der Waals surface area contributed by atoms with E-state index in [9.17, 15) is 14.4 Å². The third-order valence-corrected chi connectivity index (χ3v) is 2.74. The molecule has 0 rings (SSSR count). The Balaban J connectivity index is 3.73. The molecule has 0 saturated heterocycles. The van der Waals surface area contributed by atoms with Crippen LogP contribution in [0.3, 0.4) is 0 Å². The molecule has 0 aliphatic heterocycles. The number of rotatable bonds is 8. The molecule has 1 atom stereocenters. The molecule has 0 heterocycles. The monoisotopic (exact) mass is 248 g/mol. The third-order valence-electron chi connectivity index (χ3n) is 1.76. The summed E-state index contributed by atoms with van der Waals surface area (Å²) in [6.07, 6.45) is 0.525. The van der Waals surface area contributed by atoms with Crippen LogP contribution in [0.4, 0.5) is 0 Å². The summed E-state index contributed by atoms with van der Waals surface area (Å²) >= 11 is 1.25. The van der Waals surface area contributed by atoms with Crippen molar-refractivity contribution in [1.82, 2.24) is 5.32 Å². The normalized spacial score (nSPS) is 11.8. The number of hydrogen-bond donors (Lipinski definition) is 3. The highest BCUT2D eigenvalue weighted by molar-refractivity contribution is 7.99. The van der Waals surface area contributed by atoms with E-state index in [1.807, 2.05) is 0 Å². The lowest BCUT2D eigenvalue weighted by atomic mass is 10.2. The van der Waals surface area contributed by atoms with Gasteiger partial charge < -0.3 is 16.2 Å². The van der Waals surface area contributed by atoms with Gasteiger partial charge in [0.05, 0.1) is 5.75 Å². The van der Waals surface area contributed by atoms with Gasteiger partial charge in [-0.1, -0.05) is 6.92 Å². The SMILES string of the molecule is CC[C@H](NC(=O)CCSCC(N)=O)C(=O)O. The Morgan fingerprint density at radius 3 is 2.50 bits per heavy atom. The number of carbonyl (C=O) groups excluding carboxylic acids is 2. The second kappa shape index (κ2) is 7.98. The minimum absolute atomic E-state index is 0.170. The lowest BCUT2D eigenvalue weighted by Crippen LogP contribution is -2.40. The summed E-state index contributed by atoms with van der Waals surface area (Å²) < 4.78 is 0. The van der Waals surface area contributed by atoms with Crippen molar-refractivity contribution >= 4 is 29.5 Å². The maximum absolute atomic E-state index is 11.3. The topological polar surface area (TPSA) is 109 Å². The first-order valence-electron chi connectivity index (χ1n) is 4.85. The van der Waals surface area contributed by atoms with Gasteiger partial charge in [-0.25, -0.2) is 4.79 Å². The van der Waals surface area contributed by atoms with Crippen LogP contribution in [-0.2, 0) is 14.4 Å². The molecule has 0 spiro atoms. The summed E-state index contributed by atoms with van der Waals surface area (Å²) in [6, 6.07) is -0.839. The Morgan fingerprint density at radius 1 is 1.44 bits per heavy atom. The summed E-state index contributed by atoms with van der Waals surface area (Å²) in [5.41, 5.74) is 4.91. The van der Waals surface area contributed by atoms with E-state index in [4.69, 9.17) is 10.8 Å². The molecule has 0 aromatic carbocycles. The molecule has 92 valence electrons. The largest absolute Gasteiger partial charge is 0.480 e. The number of carboxylic acid groups (broad SMARTS) is 1. The van der Waals surface area contributed by atoms with Gasteiger partial charge in [-0.15, -0.1) is 0 Å². The van der Waals surface area contributed by atoms with Crippen LogP contribution < -0.4 is 11.1 Å². The van der Waals surface area contributed by atoms with E-state index in [1.165, 1.54) is 11.8 Å². The molecule has 0 unspecified atom stereocenters. The van der Waals surface area contributed by atoms with Gasteiger partial charge in [-0.3, -0.25) is 9.59 Å². The molecule has 4 N–H and O–H groups in total. The highest BCUT2D eigenvalue weighted by Crippen LogP contribution is 2.01. The van der Waals surface area contributed by atoms with E-state index in [1.54, 1.807) is 6.92 Å². The van der Waals surface area contributed by atoms with E-state index in [2.05, 4.69) is 5.32 Å². The highest BCUT2D eigenvalue weighted by atomic mass is 32.2. The summed E-state index contributed by atoms with van der Waals surface area (Å²) in [5.74, 6) is -1.18. The Bertz CT molecular complexity index is 270. The van der Waals surface area contributed by atoms with Crippen LogP contribution >= 0.6 is 11.8 Å². The molecule has 0 aromatic rings. The van der Waals surface area contributed by atoms with Gasteiger partial charge in [0, 0.05) is 12.2 Å². The number of amides is 2. The van der Waals surface area contributed by atoms with Crippen LogP contribution in [0.2, 0.25) is 0 Å². The summed E-state index contributed by atoms with van der Waals surface area (Å²) in [6.45, 7) is 1.68. The van der Waals surface area contributed by atoms with Crippen molar-refractivity contribution in [1.29, 1.82) is 0 Å². The lowest BCUT2D eigenvalue weighted by molar-refractivity contribution is -0.141. The number of carbonyl (C=O) groups is 3. The zero-order valence-corrected chi connectivity index (χ0v) is 9.88. The standard InChI is InChI=1S/C9H16N2O4S/c1-2-6(9(14)15)11-8(13)3-4-16-5-7(10)12/h6H,2-5H2,1H3,(H2,10,12)(H,11,13)(H,14,15)/t6-/m0/s1. The van der Waals surface area contributed by atoms with Gasteiger partial charge in [-0.05, 0) is 6.42 Å². The first kappa shape index (κ1) is 14.8. The van der Waals surface area contributed by atoms with Crippen LogP contribution in [0, 0.1) is 0 Å². The summed E-state index contributed by atoms with van der Waals surface area (Å²) in [4.78, 5) is 32.2. The minimum Gasteiger partial charge on any atom is -0.480 e. The molecular formula is C9H16N2O4S. The van der Waals surface area contributed by atoms with E-state index in [0.717, 1.165) is 0 Å². The van der Waals surface area contributed by atoms with Crippen LogP contribution in [0.1, 0.15) is 19.8 Å². The van der Waals surface area contributed by atoms with E-state index in [-0.39, 0.29) is 18.1 Å². The van der Waals surface area contributed by atoms with Crippen LogP contribution in [0.5, 0.6) is 0 Å². The van der Waals surface area contributed by atoms with E-state index in [0.29, 0.717) is 12.2 Å². The molecule has 7 heteroatoms. The van der Waals surface area contributed by atoms with Crippen molar-refractivity contribution in [2.75, 3.05) is 11.5 Å². The average molecular weight is 248 g/mol. The van der Waals surface area contributed by atoms with Crippen molar-refractivity contribution in [3.05, 3.63) is 0 Å². The zero-order chi connectivity index (χ0) is 12.6. The molecule has 2 amide bonds. The molecule has 16 heavy (non-hydrogen) atoms. The van der Waals surface area contributed by atoms with Crippen molar-refractivity contribution < 1.29 is 19.5 Å². The molecule has 6 nitrogen and oxygen atoms in total. The fourth-order valence-electron chi connectivity index (χ4n) is 0.943. The number of thioether (sulfide) groups is 1. The fourth-order valence-corrected chi connectivity index (χ4v) is 1.62. The summed E-state index contributed by atoms with van der Waals surface area (Å²) in [5, 5.41) is 11.1. The van der Waals surface area contributed by atoms with Crippen LogP contribution in [-0.4, -0.2) is 40.4 Å². The van der Waals surface area contributed by atoms with Gasteiger partial charge in [0.1, 0.15) is 6.04 Å². The molecule has 0 saturated carbocycles. The van der Waals surface area contributed by atoms with Crippen molar-refractivity contribution in [2.24, 2.45) is 5.73 Å².